The molecule has 0 radical (unpaired) electrons. The van der Waals surface area contributed by atoms with Crippen molar-refractivity contribution in [1.82, 2.24) is 0 Å². The van der Waals surface area contributed by atoms with Crippen LogP contribution < -0.4 is 144 Å². The van der Waals surface area contributed by atoms with Crippen LogP contribution in [-0.4, -0.2) is 93.8 Å². The number of aryl methyl sites for hydroxylation is 1. The average Bonchev–Trinajstić information content (AvgIpc) is 3.20. The molecule has 4 N–H and O–H groups in total. The molecular formula is C38H28N8Na4O17S4. The number of benzene rings is 4. The van der Waals surface area contributed by atoms with E-state index < -0.39 is 129 Å². The second kappa shape index (κ2) is 24.8. The van der Waals surface area contributed by atoms with Crippen LogP contribution in [0.15, 0.2) is 101 Å². The first-order valence-corrected chi connectivity index (χ1v) is 23.9. The Morgan fingerprint density at radius 1 is 0.563 bits per heavy atom. The molecule has 0 saturated carbocycles. The standard InChI is InChI=1S/C38H32N8O17S4.4Na/c1-17-9-27(44-46-36-32(67(60,61)62)13-21-11-25(65(54,55)56)15-29(40-19(3)48)34(21)38(36)50)30(63-4)16-26(17)43-41-22-5-7-23(8-6-22)42-45-35-31(66(57,58)59)12-20-10-24(64(51,52)53)14-28(39-18(2)47)33(20)37(35)49;;;;/h5-16,42,44H,1-4H3,(H,39,47)(H,40,48)(H,51,52,53)(H,54,55,56)(H,57,58,59)(H,60,61,62);;;;/q;4*+1/p-4/b43-41?,45-35+,46-36-;;;;. The fourth-order valence-corrected chi connectivity index (χ4v) is 8.70. The number of allylic oxidation sites excluding steroid dienone is 2. The molecule has 0 heterocycles. The van der Waals surface area contributed by atoms with Crippen molar-refractivity contribution in [3.8, 4) is 5.75 Å². The van der Waals surface area contributed by atoms with Crippen LogP contribution in [0.3, 0.4) is 0 Å². The van der Waals surface area contributed by atoms with Gasteiger partial charge in [0.15, 0.2) is 0 Å². The molecule has 0 bridgehead atoms. The Labute approximate surface area is 493 Å². The largest absolute Gasteiger partial charge is 1.00 e. The molecule has 4 aromatic carbocycles. The maximum Gasteiger partial charge on any atom is 1.00 e. The molecule has 2 aliphatic carbocycles. The third-order valence-electron chi connectivity index (χ3n) is 9.19. The topological polar surface area (TPSA) is 404 Å². The minimum Gasteiger partial charge on any atom is -0.744 e. The van der Waals surface area contributed by atoms with Crippen LogP contribution in [0.25, 0.3) is 12.2 Å². The number of anilines is 4. The molecular weight excluding hydrogens is 1060 g/mol. The van der Waals surface area contributed by atoms with Crippen molar-refractivity contribution in [2.45, 2.75) is 30.6 Å². The minimum absolute atomic E-state index is 0. The van der Waals surface area contributed by atoms with Gasteiger partial charge in [0.2, 0.25) is 23.4 Å². The summed E-state index contributed by atoms with van der Waals surface area (Å²) in [6.45, 7) is 3.59. The predicted octanol–water partition coefficient (Wildman–Crippen LogP) is -8.74. The van der Waals surface area contributed by atoms with E-state index in [-0.39, 0.29) is 147 Å². The van der Waals surface area contributed by atoms with Gasteiger partial charge in [0.25, 0.3) is 0 Å². The number of Topliss-reactive ketones (excluding diaryl/α,β-unsaturated/α-hetero) is 2. The molecule has 71 heavy (non-hydrogen) atoms. The fourth-order valence-electron chi connectivity index (χ4n) is 6.34. The second-order valence-corrected chi connectivity index (χ2v) is 19.4. The van der Waals surface area contributed by atoms with E-state index in [9.17, 15) is 71.1 Å². The van der Waals surface area contributed by atoms with E-state index in [4.69, 9.17) is 4.74 Å². The second-order valence-electron chi connectivity index (χ2n) is 14.0. The van der Waals surface area contributed by atoms with E-state index in [1.807, 2.05) is 0 Å². The Bertz CT molecular complexity index is 3510. The Balaban J connectivity index is 0.00000432. The van der Waals surface area contributed by atoms with Crippen LogP contribution >= 0.6 is 0 Å². The molecule has 2 amide bonds. The number of azo groups is 1. The summed E-state index contributed by atoms with van der Waals surface area (Å²) in [5.41, 5.74) is 1.10. The van der Waals surface area contributed by atoms with E-state index in [1.165, 1.54) is 43.5 Å². The van der Waals surface area contributed by atoms with E-state index in [1.54, 1.807) is 6.92 Å². The number of hydrogen-bond donors (Lipinski definition) is 4. The van der Waals surface area contributed by atoms with E-state index in [0.717, 1.165) is 13.8 Å². The van der Waals surface area contributed by atoms with Gasteiger partial charge >= 0.3 is 118 Å². The van der Waals surface area contributed by atoms with Crippen LogP contribution in [0.4, 0.5) is 34.1 Å². The van der Waals surface area contributed by atoms with Crippen LogP contribution in [0, 0.1) is 6.92 Å². The Hall–Kier alpha value is -3.38. The van der Waals surface area contributed by atoms with Crippen LogP contribution in [0.5, 0.6) is 5.75 Å². The summed E-state index contributed by atoms with van der Waals surface area (Å²) in [5.74, 6) is -4.05. The number of nitrogens with zero attached hydrogens (tertiary/aromatic N) is 4. The van der Waals surface area contributed by atoms with Crippen molar-refractivity contribution in [1.29, 1.82) is 0 Å². The van der Waals surface area contributed by atoms with E-state index in [0.29, 0.717) is 42.0 Å². The van der Waals surface area contributed by atoms with Gasteiger partial charge in [0, 0.05) is 19.9 Å². The summed E-state index contributed by atoms with van der Waals surface area (Å²) in [6.07, 6.45) is 1.27. The van der Waals surface area contributed by atoms with Crippen molar-refractivity contribution >= 4 is 122 Å². The number of ketones is 2. The number of methoxy groups -OCH3 is 1. The van der Waals surface area contributed by atoms with E-state index >= 15 is 0 Å². The molecule has 0 fully saturated rings. The molecule has 0 saturated heterocycles. The molecule has 350 valence electrons. The van der Waals surface area contributed by atoms with Gasteiger partial charge in [-0.05, 0) is 90.4 Å². The van der Waals surface area contributed by atoms with Crippen LogP contribution in [0.2, 0.25) is 0 Å². The molecule has 2 aliphatic rings. The van der Waals surface area contributed by atoms with Gasteiger partial charge in [-0.25, -0.2) is 33.7 Å². The quantitative estimate of drug-likeness (QED) is 0.0418. The van der Waals surface area contributed by atoms with Crippen molar-refractivity contribution in [3.63, 3.8) is 0 Å². The third kappa shape index (κ3) is 15.1. The SMILES string of the molecule is COc1cc(N=Nc2ccc(N/N=C3/C(=O)c4c(cc(S(=O)(=O)[O-])cc4NC(C)=O)C=C3S(=O)(=O)[O-])cc2)c(C)cc1N/N=C1\C(=O)c2c(cc(S(=O)(=O)[O-])cc2NC(C)=O)C=C1S(=O)(=O)[O-].[Na+].[Na+].[Na+].[Na+]. The summed E-state index contributed by atoms with van der Waals surface area (Å²) in [6, 6.07) is 11.0. The van der Waals surface area contributed by atoms with Gasteiger partial charge in [0.05, 0.1) is 72.0 Å². The van der Waals surface area contributed by atoms with Gasteiger partial charge in [-0.2, -0.15) is 20.4 Å². The molecule has 0 atom stereocenters. The molecule has 0 aliphatic heterocycles. The molecule has 0 aromatic heterocycles. The molecule has 25 nitrogen and oxygen atoms in total. The number of hydrazone groups is 2. The minimum atomic E-state index is -5.49. The monoisotopic (exact) mass is 1090 g/mol. The van der Waals surface area contributed by atoms with Gasteiger partial charge in [-0.3, -0.25) is 30.0 Å². The molecule has 0 unspecified atom stereocenters. The van der Waals surface area contributed by atoms with Crippen LogP contribution in [0.1, 0.15) is 51.3 Å². The predicted molar refractivity (Wildman–Crippen MR) is 232 cm³/mol. The Morgan fingerprint density at radius 2 is 0.986 bits per heavy atom. The van der Waals surface area contributed by atoms with Crippen LogP contribution in [-0.2, 0) is 50.1 Å². The number of carbonyl (C=O) groups excluding carboxylic acids is 4. The number of ether oxygens (including phenoxy) is 1. The number of hydrogen-bond acceptors (Lipinski definition) is 23. The normalized spacial score (nSPS) is 14.5. The Morgan fingerprint density at radius 3 is 1.37 bits per heavy atom. The number of nitrogens with one attached hydrogen (secondary N) is 4. The number of rotatable bonds is 13. The Kier molecular flexibility index (Phi) is 22.2. The van der Waals surface area contributed by atoms with E-state index in [2.05, 4.69) is 41.9 Å². The van der Waals surface area contributed by atoms with Gasteiger partial charge < -0.3 is 33.6 Å². The zero-order valence-corrected chi connectivity index (χ0v) is 49.6. The zero-order valence-electron chi connectivity index (χ0n) is 38.3. The van der Waals surface area contributed by atoms with Crippen molar-refractivity contribution in [3.05, 3.63) is 98.3 Å². The number of amides is 2. The summed E-state index contributed by atoms with van der Waals surface area (Å²) < 4.78 is 150. The molecule has 33 heteroatoms. The number of fused-ring (bicyclic) bond motifs is 2. The van der Waals surface area contributed by atoms with Gasteiger partial charge in [-0.1, -0.05) is 0 Å². The molecule has 4 aromatic rings. The van der Waals surface area contributed by atoms with Crippen molar-refractivity contribution in [2.24, 2.45) is 20.4 Å². The average molecular weight is 1090 g/mol. The van der Waals surface area contributed by atoms with Gasteiger partial charge in [0.1, 0.15) is 57.6 Å². The zero-order chi connectivity index (χ0) is 49.6. The molecule has 0 spiro atoms. The molecule has 6 rings (SSSR count). The van der Waals surface area contributed by atoms with Gasteiger partial charge in [-0.15, -0.1) is 0 Å². The van der Waals surface area contributed by atoms with Crippen molar-refractivity contribution in [2.75, 3.05) is 28.6 Å². The maximum atomic E-state index is 13.7. The van der Waals surface area contributed by atoms with Crippen molar-refractivity contribution < 1.29 is 194 Å². The number of carbonyl (C=O) groups is 4. The first-order chi connectivity index (χ1) is 31.1. The summed E-state index contributed by atoms with van der Waals surface area (Å²) >= 11 is 0. The summed E-state index contributed by atoms with van der Waals surface area (Å²) in [7, 11) is -20.1. The smallest absolute Gasteiger partial charge is 0.744 e. The summed E-state index contributed by atoms with van der Waals surface area (Å²) in [5, 5.41) is 20.4. The fraction of sp³-hybridized carbons (Fsp3) is 0.105. The first-order valence-electron chi connectivity index (χ1n) is 18.2. The maximum absolute atomic E-state index is 13.7. The summed E-state index contributed by atoms with van der Waals surface area (Å²) in [4.78, 5) is 46.8. The third-order valence-corrected chi connectivity index (χ3v) is 12.5. The first kappa shape index (κ1) is 63.7.